The molecule has 10 aromatic rings. The maximum absolute atomic E-state index is 10.1. The van der Waals surface area contributed by atoms with Crippen LogP contribution in [0.3, 0.4) is 0 Å². The summed E-state index contributed by atoms with van der Waals surface area (Å²) in [6.07, 6.45) is 0. The number of fused-ring (bicyclic) bond motifs is 6. The van der Waals surface area contributed by atoms with Gasteiger partial charge >= 0.3 is 0 Å². The van der Waals surface area contributed by atoms with Crippen molar-refractivity contribution in [2.75, 3.05) is 0 Å². The Morgan fingerprint density at radius 1 is 0.315 bits per heavy atom. The van der Waals surface area contributed by atoms with Crippen LogP contribution in [0.25, 0.3) is 96.0 Å². The summed E-state index contributed by atoms with van der Waals surface area (Å²) < 4.78 is 5.00. The highest BCUT2D eigenvalue weighted by atomic mass is 32.1. The lowest BCUT2D eigenvalue weighted by Gasteiger charge is -2.11. The summed E-state index contributed by atoms with van der Waals surface area (Å²) in [5.74, 6) is 0. The third kappa shape index (κ3) is 5.45. The lowest BCUT2D eigenvalue weighted by Crippen LogP contribution is -1.88. The van der Waals surface area contributed by atoms with E-state index in [1.807, 2.05) is 24.3 Å². The monoisotopic (exact) mass is 720 g/mol. The molecule has 0 atom stereocenters. The quantitative estimate of drug-likeness (QED) is 0.178. The molecule has 54 heavy (non-hydrogen) atoms. The summed E-state index contributed by atoms with van der Waals surface area (Å²) >= 11 is 3.60. The average molecular weight is 721 g/mol. The first-order chi connectivity index (χ1) is 26.6. The molecule has 0 aliphatic rings. The summed E-state index contributed by atoms with van der Waals surface area (Å²) in [5.41, 5.74) is 12.0. The zero-order chi connectivity index (χ0) is 36.2. The Morgan fingerprint density at radius 3 is 1.22 bits per heavy atom. The second-order valence-electron chi connectivity index (χ2n) is 13.5. The molecule has 0 aliphatic heterocycles. The molecule has 250 valence electrons. The van der Waals surface area contributed by atoms with Crippen LogP contribution < -0.4 is 0 Å². The van der Waals surface area contributed by atoms with Crippen LogP contribution in [-0.4, -0.2) is 0 Å². The van der Waals surface area contributed by atoms with Crippen LogP contribution in [0.15, 0.2) is 170 Å². The highest BCUT2D eigenvalue weighted by Gasteiger charge is 2.15. The number of nitriles is 2. The van der Waals surface area contributed by atoms with Gasteiger partial charge in [0.1, 0.15) is 0 Å². The van der Waals surface area contributed by atoms with Crippen LogP contribution in [0, 0.1) is 22.7 Å². The maximum atomic E-state index is 10.1. The maximum Gasteiger partial charge on any atom is 0.0992 e. The van der Waals surface area contributed by atoms with Gasteiger partial charge in [-0.25, -0.2) is 0 Å². The molecule has 8 aromatic carbocycles. The van der Waals surface area contributed by atoms with Crippen LogP contribution in [0.5, 0.6) is 0 Å². The Kier molecular flexibility index (Phi) is 7.67. The molecule has 2 aromatic heterocycles. The minimum Gasteiger partial charge on any atom is -0.192 e. The molecule has 2 nitrogen and oxygen atoms in total. The molecular weight excluding hydrogens is 693 g/mol. The molecule has 10 rings (SSSR count). The lowest BCUT2D eigenvalue weighted by molar-refractivity contribution is 1.48. The first-order valence-electron chi connectivity index (χ1n) is 17.8. The normalized spacial score (nSPS) is 11.3. The van der Waals surface area contributed by atoms with Gasteiger partial charge in [-0.15, -0.1) is 22.7 Å². The number of benzene rings is 8. The van der Waals surface area contributed by atoms with E-state index in [2.05, 4.69) is 158 Å². The molecule has 0 aliphatic carbocycles. The Bertz CT molecular complexity index is 3190. The van der Waals surface area contributed by atoms with Gasteiger partial charge in [-0.05, 0) is 110 Å². The molecule has 0 bridgehead atoms. The van der Waals surface area contributed by atoms with Gasteiger partial charge in [-0.3, -0.25) is 0 Å². The largest absolute Gasteiger partial charge is 0.192 e. The summed E-state index contributed by atoms with van der Waals surface area (Å²) in [7, 11) is 0. The van der Waals surface area contributed by atoms with Crippen LogP contribution in [0.1, 0.15) is 11.1 Å². The number of nitrogens with zero attached hydrogens (tertiary/aromatic N) is 2. The van der Waals surface area contributed by atoms with Crippen molar-refractivity contribution in [2.24, 2.45) is 0 Å². The van der Waals surface area contributed by atoms with Crippen molar-refractivity contribution in [1.82, 2.24) is 0 Å². The van der Waals surface area contributed by atoms with E-state index in [4.69, 9.17) is 0 Å². The molecule has 0 saturated carbocycles. The lowest BCUT2D eigenvalue weighted by atomic mass is 9.93. The minimum atomic E-state index is 0.637. The molecule has 0 amide bonds. The first-order valence-corrected chi connectivity index (χ1v) is 19.4. The van der Waals surface area contributed by atoms with E-state index in [0.717, 1.165) is 55.6 Å². The van der Waals surface area contributed by atoms with Gasteiger partial charge < -0.3 is 0 Å². The van der Waals surface area contributed by atoms with Crippen LogP contribution in [0.2, 0.25) is 0 Å². The van der Waals surface area contributed by atoms with Crippen LogP contribution in [-0.2, 0) is 0 Å². The number of thiophene rings is 2. The Balaban J connectivity index is 1.00. The third-order valence-electron chi connectivity index (χ3n) is 10.3. The summed E-state index contributed by atoms with van der Waals surface area (Å²) in [6.45, 7) is 0. The van der Waals surface area contributed by atoms with E-state index in [9.17, 15) is 10.5 Å². The van der Waals surface area contributed by atoms with Crippen molar-refractivity contribution in [1.29, 1.82) is 10.5 Å². The SMILES string of the molecule is N#Cc1cc(-c2ccc(-c3cccc(-c4cc(C#N)cc(-c5cccc6c5sc5ccccc56)c4)c3)cc2)cc(-c2cccc3c2sc2ccccc23)c1. The number of rotatable bonds is 5. The van der Waals surface area contributed by atoms with Crippen molar-refractivity contribution < 1.29 is 0 Å². The van der Waals surface area contributed by atoms with E-state index < -0.39 is 0 Å². The smallest absolute Gasteiger partial charge is 0.0992 e. The van der Waals surface area contributed by atoms with Crippen molar-refractivity contribution in [2.45, 2.75) is 0 Å². The Labute approximate surface area is 320 Å². The van der Waals surface area contributed by atoms with Crippen LogP contribution in [0.4, 0.5) is 0 Å². The second-order valence-corrected chi connectivity index (χ2v) is 15.6. The second kappa shape index (κ2) is 13.0. The predicted molar refractivity (Wildman–Crippen MR) is 229 cm³/mol. The van der Waals surface area contributed by atoms with Crippen LogP contribution >= 0.6 is 22.7 Å². The minimum absolute atomic E-state index is 0.637. The van der Waals surface area contributed by atoms with Gasteiger partial charge in [0.2, 0.25) is 0 Å². The van der Waals surface area contributed by atoms with Gasteiger partial charge in [-0.1, -0.05) is 115 Å². The summed E-state index contributed by atoms with van der Waals surface area (Å²) in [6, 6.07) is 64.3. The summed E-state index contributed by atoms with van der Waals surface area (Å²) in [5, 5.41) is 25.1. The fourth-order valence-electron chi connectivity index (χ4n) is 7.71. The summed E-state index contributed by atoms with van der Waals surface area (Å²) in [4.78, 5) is 0. The molecule has 0 spiro atoms. The molecule has 0 N–H and O–H groups in total. The topological polar surface area (TPSA) is 47.6 Å². The standard InChI is InChI=1S/C50H28N2S2/c51-29-31-22-37(27-39(24-31)41-12-6-14-45-43-10-1-3-16-47(43)53-49(41)45)34-20-18-33(19-21-34)35-8-5-9-36(26-35)38-23-32(30-52)25-40(28-38)42-13-7-15-46-44-11-2-4-17-48(44)54-50(42)46/h1-28H. The van der Waals surface area contributed by atoms with E-state index >= 15 is 0 Å². The predicted octanol–water partition coefficient (Wildman–Crippen LogP) is 14.5. The molecule has 0 radical (unpaired) electrons. The fraction of sp³-hybridized carbons (Fsp3) is 0. The highest BCUT2D eigenvalue weighted by Crippen LogP contribution is 2.43. The molecule has 0 saturated heterocycles. The first kappa shape index (κ1) is 31.9. The van der Waals surface area contributed by atoms with Gasteiger partial charge in [0.05, 0.1) is 23.3 Å². The Morgan fingerprint density at radius 2 is 0.704 bits per heavy atom. The average Bonchev–Trinajstić information content (AvgIpc) is 3.82. The molecule has 0 unspecified atom stereocenters. The van der Waals surface area contributed by atoms with E-state index in [0.29, 0.717) is 11.1 Å². The van der Waals surface area contributed by atoms with Crippen molar-refractivity contribution >= 4 is 63.0 Å². The molecule has 0 fully saturated rings. The van der Waals surface area contributed by atoms with Crippen molar-refractivity contribution in [3.8, 4) is 67.8 Å². The molecule has 2 heterocycles. The molecular formula is C50H28N2S2. The van der Waals surface area contributed by atoms with Crippen molar-refractivity contribution in [3.05, 3.63) is 181 Å². The fourth-order valence-corrected chi connectivity index (χ4v) is 10.2. The van der Waals surface area contributed by atoms with Crippen molar-refractivity contribution in [3.63, 3.8) is 0 Å². The van der Waals surface area contributed by atoms with Gasteiger partial charge in [-0.2, -0.15) is 10.5 Å². The third-order valence-corrected chi connectivity index (χ3v) is 12.7. The van der Waals surface area contributed by atoms with Gasteiger partial charge in [0.15, 0.2) is 0 Å². The van der Waals surface area contributed by atoms with E-state index in [-0.39, 0.29) is 0 Å². The Hall–Kier alpha value is -6.82. The molecule has 4 heteroatoms. The van der Waals surface area contributed by atoms with Gasteiger partial charge in [0, 0.05) is 40.3 Å². The zero-order valence-electron chi connectivity index (χ0n) is 28.9. The number of hydrogen-bond acceptors (Lipinski definition) is 4. The van der Waals surface area contributed by atoms with E-state index in [1.54, 1.807) is 22.7 Å². The van der Waals surface area contributed by atoms with Gasteiger partial charge in [0.25, 0.3) is 0 Å². The number of hydrogen-bond donors (Lipinski definition) is 0. The zero-order valence-corrected chi connectivity index (χ0v) is 30.5. The van der Waals surface area contributed by atoms with E-state index in [1.165, 1.54) is 40.3 Å². The highest BCUT2D eigenvalue weighted by molar-refractivity contribution is 7.26.